The molecule has 1 saturated carbocycles. The van der Waals surface area contributed by atoms with Gasteiger partial charge in [0.2, 0.25) is 11.8 Å². The monoisotopic (exact) mass is 339 g/mol. The Balaban J connectivity index is 1.35. The lowest BCUT2D eigenvalue weighted by Crippen LogP contribution is -2.44. The highest BCUT2D eigenvalue weighted by atomic mass is 16.3. The van der Waals surface area contributed by atoms with Crippen molar-refractivity contribution in [3.8, 4) is 0 Å². The summed E-state index contributed by atoms with van der Waals surface area (Å²) in [6, 6.07) is 9.19. The summed E-state index contributed by atoms with van der Waals surface area (Å²) < 4.78 is 5.41. The molecule has 0 spiro atoms. The van der Waals surface area contributed by atoms with Gasteiger partial charge in [-0.25, -0.2) is 4.98 Å². The second-order valence-corrected chi connectivity index (χ2v) is 6.79. The normalized spacial score (nSPS) is 25.4. The molecule has 1 saturated heterocycles. The van der Waals surface area contributed by atoms with E-state index >= 15 is 0 Å². The average molecular weight is 339 g/mol. The van der Waals surface area contributed by atoms with E-state index in [1.54, 1.807) is 18.5 Å². The first kappa shape index (κ1) is 15.9. The maximum Gasteiger partial charge on any atom is 0.230 e. The van der Waals surface area contributed by atoms with E-state index in [4.69, 9.17) is 4.42 Å². The molecule has 3 heterocycles. The lowest BCUT2D eigenvalue weighted by Gasteiger charge is -2.32. The van der Waals surface area contributed by atoms with E-state index < -0.39 is 0 Å². The Morgan fingerprint density at radius 3 is 2.92 bits per heavy atom. The van der Waals surface area contributed by atoms with Crippen LogP contribution in [0.5, 0.6) is 0 Å². The minimum absolute atomic E-state index is 0.00347. The number of amides is 2. The smallest absolute Gasteiger partial charge is 0.230 e. The molecular formula is C19H21N3O3. The predicted molar refractivity (Wildman–Crippen MR) is 91.7 cm³/mol. The molecule has 0 aromatic carbocycles. The number of aromatic nitrogens is 1. The molecule has 3 atom stereocenters. The lowest BCUT2D eigenvalue weighted by molar-refractivity contribution is -0.136. The van der Waals surface area contributed by atoms with Gasteiger partial charge in [-0.2, -0.15) is 0 Å². The highest BCUT2D eigenvalue weighted by molar-refractivity contribution is 5.92. The first-order valence-corrected chi connectivity index (χ1v) is 8.76. The molecule has 2 amide bonds. The third kappa shape index (κ3) is 3.43. The molecule has 1 N–H and O–H groups in total. The van der Waals surface area contributed by atoms with Gasteiger partial charge in [0.15, 0.2) is 0 Å². The molecule has 0 bridgehead atoms. The van der Waals surface area contributed by atoms with E-state index in [9.17, 15) is 9.59 Å². The molecule has 6 nitrogen and oxygen atoms in total. The largest absolute Gasteiger partial charge is 0.469 e. The van der Waals surface area contributed by atoms with Crippen LogP contribution in [0, 0.1) is 11.8 Å². The van der Waals surface area contributed by atoms with Crippen molar-refractivity contribution in [1.29, 1.82) is 0 Å². The first-order valence-electron chi connectivity index (χ1n) is 8.76. The van der Waals surface area contributed by atoms with Crippen molar-refractivity contribution in [2.75, 3.05) is 18.4 Å². The van der Waals surface area contributed by atoms with Gasteiger partial charge >= 0.3 is 0 Å². The van der Waals surface area contributed by atoms with Crippen LogP contribution in [0.1, 0.15) is 30.9 Å². The SMILES string of the molecule is O=C(Nc1ccccn1)[C@@H]1CCCN(C(=O)[C@H]2C[C@@H]2c2ccco2)C1. The standard InChI is InChI=1S/C19H21N3O3/c23-18(21-17-7-1-2-8-20-17)13-5-3-9-22(12-13)19(24)15-11-14(15)16-6-4-10-25-16/h1-2,4,6-8,10,13-15H,3,5,9,11-12H2,(H,20,21,23)/t13-,14+,15+/m1/s1. The fraction of sp³-hybridized carbons (Fsp3) is 0.421. The fourth-order valence-electron chi connectivity index (χ4n) is 3.58. The highest BCUT2D eigenvalue weighted by Gasteiger charge is 2.48. The van der Waals surface area contributed by atoms with Gasteiger partial charge < -0.3 is 14.6 Å². The fourth-order valence-corrected chi connectivity index (χ4v) is 3.58. The summed E-state index contributed by atoms with van der Waals surface area (Å²) in [5.74, 6) is 1.55. The summed E-state index contributed by atoms with van der Waals surface area (Å²) >= 11 is 0. The summed E-state index contributed by atoms with van der Waals surface area (Å²) in [7, 11) is 0. The number of hydrogen-bond acceptors (Lipinski definition) is 4. The Hall–Kier alpha value is -2.63. The average Bonchev–Trinajstić information content (AvgIpc) is 3.26. The zero-order chi connectivity index (χ0) is 17.2. The van der Waals surface area contributed by atoms with Crippen molar-refractivity contribution >= 4 is 17.6 Å². The number of piperidine rings is 1. The molecule has 0 unspecified atom stereocenters. The number of hydrogen-bond donors (Lipinski definition) is 1. The van der Waals surface area contributed by atoms with Gasteiger partial charge in [0, 0.05) is 31.1 Å². The summed E-state index contributed by atoms with van der Waals surface area (Å²) in [6.07, 6.45) is 5.79. The van der Waals surface area contributed by atoms with E-state index in [0.717, 1.165) is 31.6 Å². The molecule has 2 aromatic rings. The Morgan fingerprint density at radius 2 is 2.16 bits per heavy atom. The number of furan rings is 1. The van der Waals surface area contributed by atoms with Crippen LogP contribution in [0.2, 0.25) is 0 Å². The second kappa shape index (κ2) is 6.70. The highest BCUT2D eigenvalue weighted by Crippen LogP contribution is 2.48. The topological polar surface area (TPSA) is 75.4 Å². The van der Waals surface area contributed by atoms with Gasteiger partial charge in [-0.05, 0) is 43.5 Å². The number of pyridine rings is 1. The molecule has 1 aliphatic heterocycles. The predicted octanol–water partition coefficient (Wildman–Crippen LogP) is 2.66. The van der Waals surface area contributed by atoms with Crippen LogP contribution in [0.4, 0.5) is 5.82 Å². The molecule has 2 aliphatic rings. The van der Waals surface area contributed by atoms with Gasteiger partial charge in [0.05, 0.1) is 12.2 Å². The van der Waals surface area contributed by atoms with Gasteiger partial charge in [-0.1, -0.05) is 6.07 Å². The van der Waals surface area contributed by atoms with Crippen LogP contribution in [-0.2, 0) is 9.59 Å². The van der Waals surface area contributed by atoms with Crippen LogP contribution in [-0.4, -0.2) is 34.8 Å². The first-order chi connectivity index (χ1) is 12.2. The Bertz CT molecular complexity index is 745. The zero-order valence-corrected chi connectivity index (χ0v) is 13.9. The Kier molecular flexibility index (Phi) is 4.26. The quantitative estimate of drug-likeness (QED) is 0.929. The number of likely N-dealkylation sites (tertiary alicyclic amines) is 1. The van der Waals surface area contributed by atoms with E-state index in [0.29, 0.717) is 12.4 Å². The van der Waals surface area contributed by atoms with Crippen molar-refractivity contribution in [2.45, 2.75) is 25.2 Å². The third-order valence-corrected chi connectivity index (χ3v) is 5.04. The number of carbonyl (C=O) groups excluding carboxylic acids is 2. The van der Waals surface area contributed by atoms with Crippen molar-refractivity contribution in [2.24, 2.45) is 11.8 Å². The molecule has 2 aromatic heterocycles. The van der Waals surface area contributed by atoms with Crippen LogP contribution < -0.4 is 5.32 Å². The molecule has 130 valence electrons. The Morgan fingerprint density at radius 1 is 1.24 bits per heavy atom. The van der Waals surface area contributed by atoms with Crippen LogP contribution in [0.25, 0.3) is 0 Å². The maximum atomic E-state index is 12.7. The second-order valence-electron chi connectivity index (χ2n) is 6.79. The van der Waals surface area contributed by atoms with Crippen molar-refractivity contribution < 1.29 is 14.0 Å². The summed E-state index contributed by atoms with van der Waals surface area (Å²) in [5, 5.41) is 2.84. The number of nitrogens with zero attached hydrogens (tertiary/aromatic N) is 2. The minimum Gasteiger partial charge on any atom is -0.469 e. The lowest BCUT2D eigenvalue weighted by atomic mass is 9.96. The number of rotatable bonds is 4. The van der Waals surface area contributed by atoms with Crippen LogP contribution in [0.15, 0.2) is 47.2 Å². The molecule has 4 rings (SSSR count). The van der Waals surface area contributed by atoms with E-state index in [1.807, 2.05) is 29.2 Å². The molecule has 25 heavy (non-hydrogen) atoms. The van der Waals surface area contributed by atoms with E-state index in [-0.39, 0.29) is 29.6 Å². The van der Waals surface area contributed by atoms with Gasteiger partial charge in [0.25, 0.3) is 0 Å². The van der Waals surface area contributed by atoms with E-state index in [2.05, 4.69) is 10.3 Å². The molecule has 6 heteroatoms. The van der Waals surface area contributed by atoms with Crippen molar-refractivity contribution in [3.05, 3.63) is 48.6 Å². The summed E-state index contributed by atoms with van der Waals surface area (Å²) in [6.45, 7) is 1.21. The van der Waals surface area contributed by atoms with Crippen LogP contribution in [0.3, 0.4) is 0 Å². The number of carbonyl (C=O) groups is 2. The number of anilines is 1. The minimum atomic E-state index is -0.180. The molecular weight excluding hydrogens is 318 g/mol. The Labute approximate surface area is 146 Å². The van der Waals surface area contributed by atoms with Crippen molar-refractivity contribution in [3.63, 3.8) is 0 Å². The maximum absolute atomic E-state index is 12.7. The zero-order valence-electron chi connectivity index (χ0n) is 13.9. The van der Waals surface area contributed by atoms with Gasteiger partial charge in [-0.15, -0.1) is 0 Å². The van der Waals surface area contributed by atoms with Gasteiger partial charge in [0.1, 0.15) is 11.6 Å². The summed E-state index contributed by atoms with van der Waals surface area (Å²) in [4.78, 5) is 31.2. The molecule has 2 fully saturated rings. The van der Waals surface area contributed by atoms with Gasteiger partial charge in [-0.3, -0.25) is 9.59 Å². The number of nitrogens with one attached hydrogen (secondary N) is 1. The molecule has 1 aliphatic carbocycles. The third-order valence-electron chi connectivity index (χ3n) is 5.04. The van der Waals surface area contributed by atoms with E-state index in [1.165, 1.54) is 0 Å². The summed E-state index contributed by atoms with van der Waals surface area (Å²) in [5.41, 5.74) is 0. The molecule has 0 radical (unpaired) electrons. The van der Waals surface area contributed by atoms with Crippen LogP contribution >= 0.6 is 0 Å². The van der Waals surface area contributed by atoms with Crippen molar-refractivity contribution in [1.82, 2.24) is 9.88 Å².